The normalized spacial score (nSPS) is 31.4. The van der Waals surface area contributed by atoms with E-state index in [0.717, 1.165) is 45.3 Å². The lowest BCUT2D eigenvalue weighted by atomic mass is 9.86. The zero-order valence-corrected chi connectivity index (χ0v) is 15.6. The Morgan fingerprint density at radius 1 is 1.07 bits per heavy atom. The molecule has 6 rings (SSSR count). The summed E-state index contributed by atoms with van der Waals surface area (Å²) in [4.78, 5) is 17.4. The van der Waals surface area contributed by atoms with E-state index in [1.807, 2.05) is 18.3 Å². The molecule has 4 aliphatic heterocycles. The van der Waals surface area contributed by atoms with Gasteiger partial charge in [0, 0.05) is 12.7 Å². The number of ether oxygens (including phenoxy) is 1. The van der Waals surface area contributed by atoms with Crippen LogP contribution in [0.4, 0.5) is 4.79 Å². The number of amides is 1. The number of nitrogens with zero attached hydrogens (tertiary/aromatic N) is 2. The van der Waals surface area contributed by atoms with Gasteiger partial charge in [0.1, 0.15) is 6.10 Å². The van der Waals surface area contributed by atoms with Gasteiger partial charge >= 0.3 is 6.09 Å². The van der Waals surface area contributed by atoms with Crippen molar-refractivity contribution in [2.45, 2.75) is 37.8 Å². The van der Waals surface area contributed by atoms with E-state index in [1.54, 1.807) is 4.90 Å². The maximum atomic E-state index is 13.2. The molecular weight excluding hydrogens is 336 g/mol. The van der Waals surface area contributed by atoms with Gasteiger partial charge in [-0.3, -0.25) is 9.80 Å². The number of hydrogen-bond acceptors (Lipinski definition) is 3. The maximum absolute atomic E-state index is 13.2. The third-order valence-electron chi connectivity index (χ3n) is 6.38. The molecule has 2 atom stereocenters. The van der Waals surface area contributed by atoms with Crippen molar-refractivity contribution in [3.8, 4) is 0 Å². The monoisotopic (exact) mass is 362 g/mol. The number of hydrogen-bond donors (Lipinski definition) is 0. The van der Waals surface area contributed by atoms with E-state index in [9.17, 15) is 4.79 Å². The van der Waals surface area contributed by atoms with Crippen molar-refractivity contribution in [1.82, 2.24) is 9.80 Å². The molecule has 0 spiro atoms. The highest BCUT2D eigenvalue weighted by Crippen LogP contribution is 2.39. The fraction of sp³-hybridized carbons (Fsp3) is 0.435. The Morgan fingerprint density at radius 3 is 2.67 bits per heavy atom. The highest BCUT2D eigenvalue weighted by molar-refractivity contribution is 5.75. The van der Waals surface area contributed by atoms with Gasteiger partial charge in [-0.2, -0.15) is 0 Å². The van der Waals surface area contributed by atoms with Gasteiger partial charge in [-0.1, -0.05) is 42.5 Å². The van der Waals surface area contributed by atoms with Gasteiger partial charge in [0.05, 0.1) is 6.04 Å². The molecule has 0 N–H and O–H groups in total. The maximum Gasteiger partial charge on any atom is 0.414 e. The first-order valence-electron chi connectivity index (χ1n) is 10.1. The lowest BCUT2D eigenvalue weighted by molar-refractivity contribution is -0.0421. The number of piperidine rings is 3. The predicted octanol–water partition coefficient (Wildman–Crippen LogP) is 4.52. The molecule has 1 amide bonds. The van der Waals surface area contributed by atoms with E-state index in [1.165, 1.54) is 16.7 Å². The first kappa shape index (κ1) is 16.8. The van der Waals surface area contributed by atoms with Gasteiger partial charge in [-0.05, 0) is 67.5 Å². The summed E-state index contributed by atoms with van der Waals surface area (Å²) in [5.74, 6) is 0.521. The van der Waals surface area contributed by atoms with E-state index >= 15 is 0 Å². The van der Waals surface area contributed by atoms with Crippen LogP contribution in [0.25, 0.3) is 6.08 Å². The Morgan fingerprint density at radius 2 is 1.93 bits per heavy atom. The number of allylic oxidation sites excluding steroid dienone is 2. The third kappa shape index (κ3) is 3.12. The Kier molecular flexibility index (Phi) is 4.36. The first-order chi connectivity index (χ1) is 13.3. The second kappa shape index (κ2) is 7.01. The minimum absolute atomic E-state index is 0.0297. The largest absolute Gasteiger partial charge is 0.444 e. The Labute approximate surface area is 160 Å². The highest BCUT2D eigenvalue weighted by Gasteiger charge is 2.39. The van der Waals surface area contributed by atoms with Gasteiger partial charge < -0.3 is 4.74 Å². The third-order valence-corrected chi connectivity index (χ3v) is 6.38. The zero-order chi connectivity index (χ0) is 18.2. The topological polar surface area (TPSA) is 32.8 Å². The Balaban J connectivity index is 1.42. The number of benzene rings is 1. The fourth-order valence-electron chi connectivity index (χ4n) is 4.89. The summed E-state index contributed by atoms with van der Waals surface area (Å²) in [6.07, 6.45) is 14.8. The molecule has 1 aromatic carbocycles. The predicted molar refractivity (Wildman–Crippen MR) is 106 cm³/mol. The molecule has 1 aromatic rings. The van der Waals surface area contributed by atoms with Crippen LogP contribution in [0, 0.1) is 5.92 Å². The summed E-state index contributed by atoms with van der Waals surface area (Å²) < 4.78 is 6.04. The summed E-state index contributed by atoms with van der Waals surface area (Å²) >= 11 is 0. The minimum atomic E-state index is -0.218. The van der Waals surface area contributed by atoms with Crippen LogP contribution in [0.3, 0.4) is 0 Å². The van der Waals surface area contributed by atoms with Crippen LogP contribution in [-0.2, 0) is 4.74 Å². The van der Waals surface area contributed by atoms with Gasteiger partial charge in [-0.15, -0.1) is 0 Å². The molecule has 0 radical (unpaired) electrons. The number of carbonyl (C=O) groups is 1. The van der Waals surface area contributed by atoms with E-state index in [4.69, 9.17) is 4.74 Å². The lowest BCUT2D eigenvalue weighted by Gasteiger charge is -2.44. The smallest absolute Gasteiger partial charge is 0.414 e. The van der Waals surface area contributed by atoms with Crippen LogP contribution in [0.1, 0.15) is 42.9 Å². The molecule has 0 saturated carbocycles. The molecule has 5 aliphatic rings. The van der Waals surface area contributed by atoms with Gasteiger partial charge in [0.15, 0.2) is 0 Å². The van der Waals surface area contributed by atoms with Crippen molar-refractivity contribution in [3.63, 3.8) is 0 Å². The molecular formula is C23H26N2O2. The zero-order valence-electron chi connectivity index (χ0n) is 15.6. The van der Waals surface area contributed by atoms with E-state index in [0.29, 0.717) is 5.92 Å². The number of carbonyl (C=O) groups excluding carboxylic acids is 1. The number of rotatable bonds is 2. The molecule has 140 valence electrons. The van der Waals surface area contributed by atoms with Crippen LogP contribution >= 0.6 is 0 Å². The SMILES string of the molecule is O=C(OC1CN2CCC1CC2)N1C=Cc2ccccc2C1C1=CCCC=C1. The molecule has 3 saturated heterocycles. The molecule has 2 bridgehead atoms. The van der Waals surface area contributed by atoms with Crippen molar-refractivity contribution in [1.29, 1.82) is 0 Å². The van der Waals surface area contributed by atoms with E-state index in [2.05, 4.69) is 41.3 Å². The van der Waals surface area contributed by atoms with Gasteiger partial charge in [0.2, 0.25) is 0 Å². The quantitative estimate of drug-likeness (QED) is 0.775. The average molecular weight is 362 g/mol. The molecule has 4 heterocycles. The van der Waals surface area contributed by atoms with Crippen LogP contribution in [0.15, 0.2) is 54.3 Å². The van der Waals surface area contributed by atoms with Crippen LogP contribution in [0.5, 0.6) is 0 Å². The van der Waals surface area contributed by atoms with Crippen molar-refractivity contribution in [2.75, 3.05) is 19.6 Å². The van der Waals surface area contributed by atoms with Crippen molar-refractivity contribution < 1.29 is 9.53 Å². The van der Waals surface area contributed by atoms with Crippen molar-refractivity contribution >= 4 is 12.2 Å². The second-order valence-corrected chi connectivity index (χ2v) is 8.00. The molecule has 0 aromatic heterocycles. The molecule has 4 nitrogen and oxygen atoms in total. The standard InChI is InChI=1S/C23H26N2O2/c26-23(27-21-16-24-13-10-18(21)11-14-24)25-15-12-17-6-4-5-9-20(17)22(25)19-7-2-1-3-8-19/h2,4-9,12,15,18,21-22H,1,3,10-11,13-14,16H2. The minimum Gasteiger partial charge on any atom is -0.444 e. The highest BCUT2D eigenvalue weighted by atomic mass is 16.6. The molecule has 2 unspecified atom stereocenters. The van der Waals surface area contributed by atoms with Gasteiger partial charge in [-0.25, -0.2) is 4.79 Å². The van der Waals surface area contributed by atoms with Crippen LogP contribution in [0.2, 0.25) is 0 Å². The molecule has 27 heavy (non-hydrogen) atoms. The van der Waals surface area contributed by atoms with Crippen LogP contribution in [-0.4, -0.2) is 41.6 Å². The average Bonchev–Trinajstić information content (AvgIpc) is 2.74. The van der Waals surface area contributed by atoms with Crippen molar-refractivity contribution in [2.24, 2.45) is 5.92 Å². The summed E-state index contributed by atoms with van der Waals surface area (Å²) in [6, 6.07) is 8.24. The van der Waals surface area contributed by atoms with E-state index < -0.39 is 0 Å². The Bertz CT molecular complexity index is 817. The summed E-state index contributed by atoms with van der Waals surface area (Å²) in [5, 5.41) is 0. The molecule has 3 fully saturated rings. The number of fused-ring (bicyclic) bond motifs is 4. The van der Waals surface area contributed by atoms with E-state index in [-0.39, 0.29) is 18.2 Å². The van der Waals surface area contributed by atoms with Gasteiger partial charge in [0.25, 0.3) is 0 Å². The summed E-state index contributed by atoms with van der Waals surface area (Å²) in [7, 11) is 0. The fourth-order valence-corrected chi connectivity index (χ4v) is 4.89. The summed E-state index contributed by atoms with van der Waals surface area (Å²) in [5.41, 5.74) is 3.53. The Hall–Kier alpha value is -2.33. The molecule has 4 heteroatoms. The first-order valence-corrected chi connectivity index (χ1v) is 10.1. The molecule has 1 aliphatic carbocycles. The van der Waals surface area contributed by atoms with Crippen molar-refractivity contribution in [3.05, 3.63) is 65.4 Å². The van der Waals surface area contributed by atoms with Crippen LogP contribution < -0.4 is 0 Å². The summed E-state index contributed by atoms with van der Waals surface area (Å²) in [6.45, 7) is 3.18. The second-order valence-electron chi connectivity index (χ2n) is 8.00. The lowest BCUT2D eigenvalue weighted by Crippen LogP contribution is -2.53.